The van der Waals surface area contributed by atoms with Gasteiger partial charge in [0, 0.05) is 25.1 Å². The second-order valence-corrected chi connectivity index (χ2v) is 5.02. The van der Waals surface area contributed by atoms with Gasteiger partial charge in [-0.2, -0.15) is 5.10 Å². The van der Waals surface area contributed by atoms with E-state index in [0.29, 0.717) is 0 Å². The van der Waals surface area contributed by atoms with Crippen LogP contribution in [0.15, 0.2) is 31.0 Å². The monoisotopic (exact) mass is 288 g/mol. The Bertz CT molecular complexity index is 520. The molecule has 0 saturated heterocycles. The van der Waals surface area contributed by atoms with Crippen molar-refractivity contribution in [1.82, 2.24) is 24.6 Å². The van der Waals surface area contributed by atoms with Crippen molar-refractivity contribution in [3.8, 4) is 0 Å². The van der Waals surface area contributed by atoms with Crippen LogP contribution in [0, 0.1) is 0 Å². The Morgan fingerprint density at radius 3 is 2.71 bits per heavy atom. The Hall–Kier alpha value is -1.95. The van der Waals surface area contributed by atoms with E-state index in [9.17, 15) is 0 Å². The second kappa shape index (κ2) is 7.73. The molecular weight excluding hydrogens is 264 g/mol. The standard InChI is InChI=1S/C15H24N6/c1-4-20(5-2)8-9-21-12-14(10-18-21)19-13(3)15-11-16-6-7-17-15/h6-7,10-13,19H,4-5,8-9H2,1-3H3. The predicted molar refractivity (Wildman–Crippen MR) is 84.1 cm³/mol. The molecule has 6 nitrogen and oxygen atoms in total. The third kappa shape index (κ3) is 4.53. The average molecular weight is 288 g/mol. The molecule has 1 N–H and O–H groups in total. The van der Waals surface area contributed by atoms with E-state index < -0.39 is 0 Å². The van der Waals surface area contributed by atoms with E-state index in [1.165, 1.54) is 0 Å². The number of hydrogen-bond acceptors (Lipinski definition) is 5. The van der Waals surface area contributed by atoms with Crippen LogP contribution in [0.25, 0.3) is 0 Å². The molecule has 0 amide bonds. The van der Waals surface area contributed by atoms with Gasteiger partial charge in [0.05, 0.1) is 36.4 Å². The van der Waals surface area contributed by atoms with E-state index in [4.69, 9.17) is 0 Å². The minimum absolute atomic E-state index is 0.110. The van der Waals surface area contributed by atoms with Crippen LogP contribution in [0.4, 0.5) is 5.69 Å². The van der Waals surface area contributed by atoms with Crippen LogP contribution in [0.5, 0.6) is 0 Å². The van der Waals surface area contributed by atoms with Crippen molar-refractivity contribution in [2.24, 2.45) is 0 Å². The highest BCUT2D eigenvalue weighted by Crippen LogP contribution is 2.15. The van der Waals surface area contributed by atoms with Gasteiger partial charge in [0.25, 0.3) is 0 Å². The molecule has 21 heavy (non-hydrogen) atoms. The lowest BCUT2D eigenvalue weighted by Crippen LogP contribution is -2.27. The lowest BCUT2D eigenvalue weighted by molar-refractivity contribution is 0.285. The lowest BCUT2D eigenvalue weighted by atomic mass is 10.2. The fourth-order valence-corrected chi connectivity index (χ4v) is 2.20. The van der Waals surface area contributed by atoms with Crippen molar-refractivity contribution in [1.29, 1.82) is 0 Å². The molecule has 2 rings (SSSR count). The molecule has 0 spiro atoms. The van der Waals surface area contributed by atoms with E-state index in [2.05, 4.69) is 46.1 Å². The van der Waals surface area contributed by atoms with E-state index in [0.717, 1.165) is 37.6 Å². The third-order valence-electron chi connectivity index (χ3n) is 3.58. The number of hydrogen-bond donors (Lipinski definition) is 1. The predicted octanol–water partition coefficient (Wildman–Crippen LogP) is 2.19. The zero-order chi connectivity index (χ0) is 15.1. The highest BCUT2D eigenvalue weighted by atomic mass is 15.3. The molecule has 0 aliphatic rings. The van der Waals surface area contributed by atoms with Crippen LogP contribution in [0.1, 0.15) is 32.5 Å². The number of aromatic nitrogens is 4. The van der Waals surface area contributed by atoms with Crippen LogP contribution in [0.2, 0.25) is 0 Å². The van der Waals surface area contributed by atoms with Gasteiger partial charge in [-0.15, -0.1) is 0 Å². The summed E-state index contributed by atoms with van der Waals surface area (Å²) in [6.45, 7) is 10.5. The second-order valence-electron chi connectivity index (χ2n) is 5.02. The highest BCUT2D eigenvalue weighted by molar-refractivity contribution is 5.40. The zero-order valence-corrected chi connectivity index (χ0v) is 13.0. The van der Waals surface area contributed by atoms with Crippen molar-refractivity contribution in [3.05, 3.63) is 36.7 Å². The first kappa shape index (κ1) is 15.4. The molecule has 0 radical (unpaired) electrons. The largest absolute Gasteiger partial charge is 0.374 e. The van der Waals surface area contributed by atoms with Crippen molar-refractivity contribution < 1.29 is 0 Å². The molecular formula is C15H24N6. The number of likely N-dealkylation sites (N-methyl/N-ethyl adjacent to an activating group) is 1. The third-order valence-corrected chi connectivity index (χ3v) is 3.58. The molecule has 0 fully saturated rings. The summed E-state index contributed by atoms with van der Waals surface area (Å²) in [6.07, 6.45) is 9.07. The molecule has 2 heterocycles. The van der Waals surface area contributed by atoms with Crippen molar-refractivity contribution in [2.75, 3.05) is 25.0 Å². The first-order valence-corrected chi connectivity index (χ1v) is 7.50. The molecule has 2 aromatic rings. The molecule has 1 atom stereocenters. The van der Waals surface area contributed by atoms with E-state index in [1.54, 1.807) is 18.6 Å². The van der Waals surface area contributed by atoms with Crippen LogP contribution in [-0.2, 0) is 6.54 Å². The smallest absolute Gasteiger partial charge is 0.0806 e. The molecule has 114 valence electrons. The van der Waals surface area contributed by atoms with Gasteiger partial charge in [0.1, 0.15) is 0 Å². The Morgan fingerprint density at radius 1 is 1.24 bits per heavy atom. The maximum atomic E-state index is 4.39. The summed E-state index contributed by atoms with van der Waals surface area (Å²) >= 11 is 0. The van der Waals surface area contributed by atoms with E-state index >= 15 is 0 Å². The SMILES string of the molecule is CCN(CC)CCn1cc(NC(C)c2cnccn2)cn1. The van der Waals surface area contributed by atoms with Crippen LogP contribution < -0.4 is 5.32 Å². The molecule has 0 bridgehead atoms. The maximum Gasteiger partial charge on any atom is 0.0806 e. The van der Waals surface area contributed by atoms with E-state index in [-0.39, 0.29) is 6.04 Å². The number of rotatable bonds is 8. The van der Waals surface area contributed by atoms with Gasteiger partial charge >= 0.3 is 0 Å². The van der Waals surface area contributed by atoms with Crippen LogP contribution >= 0.6 is 0 Å². The quantitative estimate of drug-likeness (QED) is 0.807. The van der Waals surface area contributed by atoms with Crippen molar-refractivity contribution in [2.45, 2.75) is 33.4 Å². The van der Waals surface area contributed by atoms with Gasteiger partial charge in [-0.25, -0.2) is 0 Å². The van der Waals surface area contributed by atoms with E-state index in [1.807, 2.05) is 17.1 Å². The lowest BCUT2D eigenvalue weighted by Gasteiger charge is -2.17. The molecule has 0 aromatic carbocycles. The van der Waals surface area contributed by atoms with Crippen molar-refractivity contribution in [3.63, 3.8) is 0 Å². The maximum absolute atomic E-state index is 4.39. The Labute approximate surface area is 126 Å². The number of anilines is 1. The Kier molecular flexibility index (Phi) is 5.68. The van der Waals surface area contributed by atoms with Gasteiger partial charge in [-0.3, -0.25) is 14.6 Å². The number of nitrogens with one attached hydrogen (secondary N) is 1. The first-order chi connectivity index (χ1) is 10.2. The Morgan fingerprint density at radius 2 is 2.05 bits per heavy atom. The highest BCUT2D eigenvalue weighted by Gasteiger charge is 2.08. The summed E-state index contributed by atoms with van der Waals surface area (Å²) in [5.74, 6) is 0. The summed E-state index contributed by atoms with van der Waals surface area (Å²) in [7, 11) is 0. The minimum atomic E-state index is 0.110. The molecule has 0 saturated carbocycles. The summed E-state index contributed by atoms with van der Waals surface area (Å²) in [4.78, 5) is 10.8. The average Bonchev–Trinajstić information content (AvgIpc) is 2.96. The van der Waals surface area contributed by atoms with Gasteiger partial charge < -0.3 is 10.2 Å². The van der Waals surface area contributed by atoms with Gasteiger partial charge in [-0.05, 0) is 20.0 Å². The van der Waals surface area contributed by atoms with Crippen LogP contribution in [-0.4, -0.2) is 44.3 Å². The summed E-state index contributed by atoms with van der Waals surface area (Å²) in [6, 6.07) is 0.110. The molecule has 0 aliphatic heterocycles. The van der Waals surface area contributed by atoms with Crippen LogP contribution in [0.3, 0.4) is 0 Å². The topological polar surface area (TPSA) is 58.9 Å². The van der Waals surface area contributed by atoms with Gasteiger partial charge in [0.2, 0.25) is 0 Å². The summed E-state index contributed by atoms with van der Waals surface area (Å²) < 4.78 is 1.98. The number of nitrogens with zero attached hydrogens (tertiary/aromatic N) is 5. The molecule has 6 heteroatoms. The summed E-state index contributed by atoms with van der Waals surface area (Å²) in [5, 5.41) is 7.79. The fraction of sp³-hybridized carbons (Fsp3) is 0.533. The molecule has 0 aliphatic carbocycles. The molecule has 1 unspecified atom stereocenters. The molecule has 2 aromatic heterocycles. The Balaban J connectivity index is 1.88. The minimum Gasteiger partial charge on any atom is -0.374 e. The zero-order valence-electron chi connectivity index (χ0n) is 13.0. The fourth-order valence-electron chi connectivity index (χ4n) is 2.20. The summed E-state index contributed by atoms with van der Waals surface area (Å²) in [5.41, 5.74) is 1.93. The van der Waals surface area contributed by atoms with Crippen molar-refractivity contribution >= 4 is 5.69 Å². The van der Waals surface area contributed by atoms with Gasteiger partial charge in [0.15, 0.2) is 0 Å². The first-order valence-electron chi connectivity index (χ1n) is 7.50. The van der Waals surface area contributed by atoms with Gasteiger partial charge in [-0.1, -0.05) is 13.8 Å². The normalized spacial score (nSPS) is 12.6.